The summed E-state index contributed by atoms with van der Waals surface area (Å²) in [5.74, 6) is -0.428. The van der Waals surface area contributed by atoms with Crippen LogP contribution in [0.25, 0.3) is 0 Å². The summed E-state index contributed by atoms with van der Waals surface area (Å²) >= 11 is 1.48. The summed E-state index contributed by atoms with van der Waals surface area (Å²) in [5, 5.41) is 6.43. The minimum absolute atomic E-state index is 0. The van der Waals surface area contributed by atoms with E-state index in [2.05, 4.69) is 15.6 Å². The van der Waals surface area contributed by atoms with Crippen molar-refractivity contribution >= 4 is 44.6 Å². The number of carbonyl (C=O) groups is 1. The number of nitrogens with one attached hydrogen (secondary N) is 2. The zero-order valence-corrected chi connectivity index (χ0v) is 15.5. The Labute approximate surface area is 146 Å². The second kappa shape index (κ2) is 7.04. The van der Waals surface area contributed by atoms with Crippen LogP contribution in [0.2, 0.25) is 0 Å². The Morgan fingerprint density at radius 1 is 1.26 bits per heavy atom. The van der Waals surface area contributed by atoms with E-state index in [0.29, 0.717) is 31.1 Å². The van der Waals surface area contributed by atoms with Crippen LogP contribution in [-0.4, -0.2) is 43.4 Å². The van der Waals surface area contributed by atoms with Crippen LogP contribution in [0.4, 0.5) is 5.13 Å². The number of rotatable bonds is 3. The highest BCUT2D eigenvalue weighted by Gasteiger charge is 2.48. The third-order valence-electron chi connectivity index (χ3n) is 4.60. The van der Waals surface area contributed by atoms with E-state index in [1.54, 1.807) is 0 Å². The van der Waals surface area contributed by atoms with E-state index in [-0.39, 0.29) is 12.4 Å². The van der Waals surface area contributed by atoms with E-state index < -0.39 is 20.5 Å². The summed E-state index contributed by atoms with van der Waals surface area (Å²) in [6.45, 7) is 1.07. The van der Waals surface area contributed by atoms with Crippen molar-refractivity contribution in [3.63, 3.8) is 0 Å². The highest BCUT2D eigenvalue weighted by molar-refractivity contribution is 7.92. The van der Waals surface area contributed by atoms with Gasteiger partial charge in [-0.2, -0.15) is 0 Å². The summed E-state index contributed by atoms with van der Waals surface area (Å²) in [7, 11) is -3.48. The van der Waals surface area contributed by atoms with Crippen molar-refractivity contribution in [3.8, 4) is 0 Å². The molecule has 0 unspecified atom stereocenters. The quantitative estimate of drug-likeness (QED) is 0.831. The largest absolute Gasteiger partial charge is 0.317 e. The predicted molar refractivity (Wildman–Crippen MR) is 94.3 cm³/mol. The molecule has 0 radical (unpaired) electrons. The van der Waals surface area contributed by atoms with Gasteiger partial charge in [0.25, 0.3) is 0 Å². The maximum absolute atomic E-state index is 12.7. The Bertz CT molecular complexity index is 658. The second-order valence-electron chi connectivity index (χ2n) is 6.07. The van der Waals surface area contributed by atoms with Crippen molar-refractivity contribution in [1.82, 2.24) is 10.3 Å². The van der Waals surface area contributed by atoms with E-state index in [0.717, 1.165) is 37.6 Å². The predicted octanol–water partition coefficient (Wildman–Crippen LogP) is 1.55. The van der Waals surface area contributed by atoms with E-state index in [9.17, 15) is 13.2 Å². The summed E-state index contributed by atoms with van der Waals surface area (Å²) in [6, 6.07) is 0. The Kier molecular flexibility index (Phi) is 5.71. The average molecular weight is 380 g/mol. The van der Waals surface area contributed by atoms with E-state index in [1.807, 2.05) is 0 Å². The van der Waals surface area contributed by atoms with Crippen LogP contribution in [0.1, 0.15) is 36.3 Å². The molecule has 23 heavy (non-hydrogen) atoms. The van der Waals surface area contributed by atoms with Gasteiger partial charge in [-0.1, -0.05) is 0 Å². The molecule has 1 amide bonds. The molecule has 1 fully saturated rings. The number of hydrogen-bond acceptors (Lipinski definition) is 6. The lowest BCUT2D eigenvalue weighted by Crippen LogP contribution is -2.55. The fraction of sp³-hybridized carbons (Fsp3) is 0.714. The van der Waals surface area contributed by atoms with Gasteiger partial charge in [0.05, 0.1) is 5.69 Å². The summed E-state index contributed by atoms with van der Waals surface area (Å²) < 4.78 is 23.1. The van der Waals surface area contributed by atoms with Crippen LogP contribution >= 0.6 is 23.7 Å². The molecule has 0 atom stereocenters. The van der Waals surface area contributed by atoms with Gasteiger partial charge < -0.3 is 10.6 Å². The molecule has 2 heterocycles. The number of anilines is 1. The van der Waals surface area contributed by atoms with Gasteiger partial charge in [-0.3, -0.25) is 4.79 Å². The number of aryl methyl sites for hydroxylation is 2. The fourth-order valence-electron chi connectivity index (χ4n) is 3.21. The van der Waals surface area contributed by atoms with Gasteiger partial charge >= 0.3 is 0 Å². The average Bonchev–Trinajstić information content (AvgIpc) is 2.89. The molecule has 1 aromatic heterocycles. The molecule has 0 saturated carbocycles. The molecule has 1 aromatic rings. The number of halogens is 1. The van der Waals surface area contributed by atoms with E-state index >= 15 is 0 Å². The van der Waals surface area contributed by atoms with Crippen LogP contribution < -0.4 is 10.6 Å². The zero-order valence-electron chi connectivity index (χ0n) is 13.1. The van der Waals surface area contributed by atoms with Gasteiger partial charge in [0.1, 0.15) is 0 Å². The van der Waals surface area contributed by atoms with Crippen LogP contribution in [0.5, 0.6) is 0 Å². The molecule has 1 saturated heterocycles. The van der Waals surface area contributed by atoms with E-state index in [4.69, 9.17) is 0 Å². The Morgan fingerprint density at radius 2 is 1.91 bits per heavy atom. The van der Waals surface area contributed by atoms with Crippen LogP contribution in [0, 0.1) is 0 Å². The maximum atomic E-state index is 12.7. The van der Waals surface area contributed by atoms with Crippen LogP contribution in [-0.2, 0) is 27.5 Å². The van der Waals surface area contributed by atoms with Gasteiger partial charge in [0.15, 0.2) is 19.7 Å². The first-order valence-corrected chi connectivity index (χ1v) is 10.3. The summed E-state index contributed by atoms with van der Waals surface area (Å²) in [4.78, 5) is 18.4. The lowest BCUT2D eigenvalue weighted by atomic mass is 9.96. The standard InChI is InChI=1S/C14H21N3O3S2.ClH/c1-22(19,20)14(6-8-15-9-7-14)12(18)17-13-16-10-4-2-3-5-11(10)21-13;/h15H,2-9H2,1H3,(H,16,17,18);1H. The van der Waals surface area contributed by atoms with E-state index in [1.165, 1.54) is 16.2 Å². The smallest absolute Gasteiger partial charge is 0.247 e. The number of aromatic nitrogens is 1. The normalized spacial score (nSPS) is 20.2. The first-order chi connectivity index (χ1) is 10.4. The molecule has 6 nitrogen and oxygen atoms in total. The SMILES string of the molecule is CS(=O)(=O)C1(C(=O)Nc2nc3c(s2)CCCC3)CCNCC1.Cl. The van der Waals surface area contributed by atoms with Crippen molar-refractivity contribution in [3.05, 3.63) is 10.6 Å². The summed E-state index contributed by atoms with van der Waals surface area (Å²) in [6.07, 6.45) is 6.01. The molecule has 0 bridgehead atoms. The molecular formula is C14H22ClN3O3S2. The number of fused-ring (bicyclic) bond motifs is 1. The van der Waals surface area contributed by atoms with Crippen molar-refractivity contribution in [2.24, 2.45) is 0 Å². The van der Waals surface area contributed by atoms with Crippen molar-refractivity contribution in [2.75, 3.05) is 24.7 Å². The van der Waals surface area contributed by atoms with Crippen LogP contribution in [0.3, 0.4) is 0 Å². The number of sulfone groups is 1. The van der Waals surface area contributed by atoms with Gasteiger partial charge in [-0.25, -0.2) is 13.4 Å². The van der Waals surface area contributed by atoms with Gasteiger partial charge in [-0.05, 0) is 51.6 Å². The topological polar surface area (TPSA) is 88.2 Å². The molecule has 1 aliphatic carbocycles. The molecule has 9 heteroatoms. The minimum Gasteiger partial charge on any atom is -0.317 e. The second-order valence-corrected chi connectivity index (χ2v) is 9.48. The molecule has 130 valence electrons. The summed E-state index contributed by atoms with van der Waals surface area (Å²) in [5.41, 5.74) is 1.06. The molecule has 0 spiro atoms. The van der Waals surface area contributed by atoms with Crippen molar-refractivity contribution in [2.45, 2.75) is 43.3 Å². The molecule has 3 rings (SSSR count). The highest BCUT2D eigenvalue weighted by Crippen LogP contribution is 2.33. The molecular weight excluding hydrogens is 358 g/mol. The fourth-order valence-corrected chi connectivity index (χ4v) is 5.59. The van der Waals surface area contributed by atoms with Gasteiger partial charge in [0, 0.05) is 11.1 Å². The monoisotopic (exact) mass is 379 g/mol. The first kappa shape index (κ1) is 18.6. The number of thiazole rings is 1. The highest BCUT2D eigenvalue weighted by atomic mass is 35.5. The molecule has 1 aliphatic heterocycles. The lowest BCUT2D eigenvalue weighted by molar-refractivity contribution is -0.119. The third-order valence-corrected chi connectivity index (χ3v) is 7.69. The van der Waals surface area contributed by atoms with Gasteiger partial charge in [0.2, 0.25) is 5.91 Å². The zero-order chi connectivity index (χ0) is 15.8. The van der Waals surface area contributed by atoms with Crippen molar-refractivity contribution < 1.29 is 13.2 Å². The van der Waals surface area contributed by atoms with Crippen molar-refractivity contribution in [1.29, 1.82) is 0 Å². The number of carbonyl (C=O) groups excluding carboxylic acids is 1. The Balaban J connectivity index is 0.00000192. The Hall–Kier alpha value is -0.700. The number of hydrogen-bond donors (Lipinski definition) is 2. The minimum atomic E-state index is -3.48. The lowest BCUT2D eigenvalue weighted by Gasteiger charge is -2.33. The Morgan fingerprint density at radius 3 is 2.52 bits per heavy atom. The number of piperidine rings is 1. The molecule has 2 N–H and O–H groups in total. The first-order valence-electron chi connectivity index (χ1n) is 7.63. The number of amides is 1. The third kappa shape index (κ3) is 3.55. The molecule has 2 aliphatic rings. The van der Waals surface area contributed by atoms with Crippen LogP contribution in [0.15, 0.2) is 0 Å². The van der Waals surface area contributed by atoms with Gasteiger partial charge in [-0.15, -0.1) is 23.7 Å². The number of nitrogens with zero attached hydrogens (tertiary/aromatic N) is 1. The molecule has 0 aromatic carbocycles. The maximum Gasteiger partial charge on any atom is 0.247 e.